The lowest BCUT2D eigenvalue weighted by molar-refractivity contribution is -0.00000655. The number of benzene rings is 2. The Kier molecular flexibility index (Phi) is 7.87. The molecule has 0 saturated carbocycles. The Morgan fingerprint density at radius 3 is 1.96 bits per heavy atom. The molecule has 0 aromatic heterocycles. The van der Waals surface area contributed by atoms with Crippen molar-refractivity contribution in [2.24, 2.45) is 0 Å². The first-order valence-electron chi connectivity index (χ1n) is 7.75. The van der Waals surface area contributed by atoms with Crippen molar-refractivity contribution in [3.63, 3.8) is 0 Å². The van der Waals surface area contributed by atoms with E-state index < -0.39 is 0 Å². The number of halogens is 1. The highest BCUT2D eigenvalue weighted by Gasteiger charge is 2.21. The lowest BCUT2D eigenvalue weighted by atomic mass is 10.0. The van der Waals surface area contributed by atoms with E-state index in [0.29, 0.717) is 37.0 Å². The molecule has 0 atom stereocenters. The maximum Gasteiger partial charge on any atom is 0.430 e. The summed E-state index contributed by atoms with van der Waals surface area (Å²) in [5, 5.41) is 9.17. The molecular formula is C18H21ClN2O3. The molecule has 0 N–H and O–H groups in total. The van der Waals surface area contributed by atoms with Crippen molar-refractivity contribution in [1.29, 1.82) is 5.39 Å². The van der Waals surface area contributed by atoms with Gasteiger partial charge in [-0.3, -0.25) is 0 Å². The predicted molar refractivity (Wildman–Crippen MR) is 90.1 cm³/mol. The zero-order valence-electron chi connectivity index (χ0n) is 14.1. The monoisotopic (exact) mass is 348 g/mol. The van der Waals surface area contributed by atoms with Crippen LogP contribution in [0.1, 0.15) is 20.8 Å². The molecule has 2 aromatic carbocycles. The second-order valence-electron chi connectivity index (χ2n) is 4.74. The zero-order valence-corrected chi connectivity index (χ0v) is 14.8. The number of hydrogen-bond donors (Lipinski definition) is 0. The van der Waals surface area contributed by atoms with Crippen LogP contribution in [0, 0.1) is 5.39 Å². The van der Waals surface area contributed by atoms with Gasteiger partial charge in [0.25, 0.3) is 0 Å². The Morgan fingerprint density at radius 2 is 1.42 bits per heavy atom. The van der Waals surface area contributed by atoms with E-state index >= 15 is 0 Å². The minimum Gasteiger partial charge on any atom is -1.00 e. The lowest BCUT2D eigenvalue weighted by Gasteiger charge is -2.12. The highest BCUT2D eigenvalue weighted by Crippen LogP contribution is 2.40. The number of rotatable bonds is 7. The molecule has 0 aliphatic rings. The van der Waals surface area contributed by atoms with Gasteiger partial charge in [-0.2, -0.15) is 0 Å². The van der Waals surface area contributed by atoms with Gasteiger partial charge in [-0.25, -0.2) is 0 Å². The number of ether oxygens (including phenoxy) is 3. The van der Waals surface area contributed by atoms with Crippen molar-refractivity contribution < 1.29 is 26.6 Å². The molecule has 0 unspecified atom stereocenters. The molecule has 5 nitrogen and oxygen atoms in total. The van der Waals surface area contributed by atoms with Crippen molar-refractivity contribution >= 4 is 5.69 Å². The van der Waals surface area contributed by atoms with Gasteiger partial charge in [0, 0.05) is 11.6 Å². The predicted octanol–water partition coefficient (Wildman–Crippen LogP) is 2.04. The molecule has 0 bridgehead atoms. The normalized spacial score (nSPS) is 9.58. The summed E-state index contributed by atoms with van der Waals surface area (Å²) in [6.45, 7) is 7.38. The smallest absolute Gasteiger partial charge is 0.430 e. The van der Waals surface area contributed by atoms with Gasteiger partial charge in [0.05, 0.1) is 25.9 Å². The summed E-state index contributed by atoms with van der Waals surface area (Å²) in [4.78, 5) is 3.28. The first kappa shape index (κ1) is 19.6. The standard InChI is InChI=1S/C18H21N2O3.ClH/c1-4-21-14-9-7-13(8-10-14)15-11-18(23-6-3)16(20-19)12-17(15)22-5-2;/h7-12H,4-6H2,1-3H3;1H/q+1;/p-1. The summed E-state index contributed by atoms with van der Waals surface area (Å²) in [5.41, 5.74) is 2.21. The van der Waals surface area contributed by atoms with Gasteiger partial charge in [0.1, 0.15) is 11.5 Å². The van der Waals surface area contributed by atoms with Crippen molar-refractivity contribution in [3.05, 3.63) is 41.4 Å². The van der Waals surface area contributed by atoms with Gasteiger partial charge in [0.15, 0.2) is 4.98 Å². The first-order chi connectivity index (χ1) is 11.2. The third kappa shape index (κ3) is 4.53. The number of diazo groups is 1. The molecule has 6 heteroatoms. The largest absolute Gasteiger partial charge is 1.00 e. The Morgan fingerprint density at radius 1 is 0.833 bits per heavy atom. The topological polar surface area (TPSA) is 55.8 Å². The lowest BCUT2D eigenvalue weighted by Crippen LogP contribution is -3.00. The molecule has 0 heterocycles. The van der Waals surface area contributed by atoms with Crippen LogP contribution in [0.2, 0.25) is 0 Å². The minimum absolute atomic E-state index is 0. The maximum absolute atomic E-state index is 9.17. The minimum atomic E-state index is 0. The summed E-state index contributed by atoms with van der Waals surface area (Å²) < 4.78 is 16.7. The van der Waals surface area contributed by atoms with Crippen molar-refractivity contribution in [2.75, 3.05) is 19.8 Å². The molecule has 2 aromatic rings. The van der Waals surface area contributed by atoms with Gasteiger partial charge in [-0.15, -0.1) is 0 Å². The average molecular weight is 349 g/mol. The molecule has 2 rings (SSSR count). The van der Waals surface area contributed by atoms with Crippen LogP contribution in [0.5, 0.6) is 17.2 Å². The van der Waals surface area contributed by atoms with E-state index in [9.17, 15) is 0 Å². The molecule has 0 fully saturated rings. The van der Waals surface area contributed by atoms with Crippen molar-refractivity contribution in [1.82, 2.24) is 0 Å². The van der Waals surface area contributed by atoms with Crippen LogP contribution in [-0.4, -0.2) is 19.8 Å². The fraction of sp³-hybridized carbons (Fsp3) is 0.333. The van der Waals surface area contributed by atoms with Crippen LogP contribution in [-0.2, 0) is 0 Å². The van der Waals surface area contributed by atoms with E-state index in [1.165, 1.54) is 0 Å². The second kappa shape index (κ2) is 9.64. The van der Waals surface area contributed by atoms with Crippen LogP contribution in [0.3, 0.4) is 0 Å². The Labute approximate surface area is 148 Å². The van der Waals surface area contributed by atoms with Crippen LogP contribution >= 0.6 is 0 Å². The van der Waals surface area contributed by atoms with E-state index in [0.717, 1.165) is 16.9 Å². The molecule has 0 saturated heterocycles. The van der Waals surface area contributed by atoms with Gasteiger partial charge in [0.2, 0.25) is 11.1 Å². The molecular weight excluding hydrogens is 328 g/mol. The first-order valence-corrected chi connectivity index (χ1v) is 7.75. The van der Waals surface area contributed by atoms with E-state index in [2.05, 4.69) is 4.98 Å². The van der Waals surface area contributed by atoms with Crippen molar-refractivity contribution in [3.8, 4) is 28.4 Å². The van der Waals surface area contributed by atoms with Gasteiger partial charge >= 0.3 is 5.69 Å². The van der Waals surface area contributed by atoms with Gasteiger partial charge < -0.3 is 26.6 Å². The molecule has 24 heavy (non-hydrogen) atoms. The number of hydrogen-bond acceptors (Lipinski definition) is 4. The van der Waals surface area contributed by atoms with Crippen LogP contribution < -0.4 is 26.6 Å². The molecule has 0 spiro atoms. The van der Waals surface area contributed by atoms with E-state index in [1.54, 1.807) is 6.07 Å². The Hall–Kier alpha value is -2.45. The van der Waals surface area contributed by atoms with Crippen LogP contribution in [0.25, 0.3) is 16.1 Å². The highest BCUT2D eigenvalue weighted by molar-refractivity contribution is 5.78. The fourth-order valence-electron chi connectivity index (χ4n) is 2.30. The second-order valence-corrected chi connectivity index (χ2v) is 4.74. The van der Waals surface area contributed by atoms with Crippen molar-refractivity contribution in [2.45, 2.75) is 20.8 Å². The van der Waals surface area contributed by atoms with Gasteiger partial charge in [-0.1, -0.05) is 12.1 Å². The van der Waals surface area contributed by atoms with E-state index in [-0.39, 0.29) is 12.4 Å². The fourth-order valence-corrected chi connectivity index (χ4v) is 2.30. The molecule has 0 aliphatic carbocycles. The molecule has 0 radical (unpaired) electrons. The van der Waals surface area contributed by atoms with Crippen LogP contribution in [0.15, 0.2) is 36.4 Å². The summed E-state index contributed by atoms with van der Waals surface area (Å²) in [6, 6.07) is 11.3. The third-order valence-electron chi connectivity index (χ3n) is 3.24. The Bertz CT molecular complexity index is 697. The summed E-state index contributed by atoms with van der Waals surface area (Å²) in [5.74, 6) is 1.98. The molecule has 0 amide bonds. The van der Waals surface area contributed by atoms with Gasteiger partial charge in [-0.05, 0) is 38.5 Å². The molecule has 0 aliphatic heterocycles. The third-order valence-corrected chi connectivity index (χ3v) is 3.24. The Balaban J connectivity index is 0.00000288. The average Bonchev–Trinajstić information content (AvgIpc) is 2.57. The zero-order chi connectivity index (χ0) is 16.7. The summed E-state index contributed by atoms with van der Waals surface area (Å²) >= 11 is 0. The SMILES string of the molecule is CCOc1ccc(-c2cc(OCC)c([N+]#N)cc2OCC)cc1.[Cl-]. The summed E-state index contributed by atoms with van der Waals surface area (Å²) in [7, 11) is 0. The molecule has 128 valence electrons. The quantitative estimate of drug-likeness (QED) is 0.718. The summed E-state index contributed by atoms with van der Waals surface area (Å²) in [6.07, 6.45) is 0. The number of nitrogens with zero attached hydrogens (tertiary/aromatic N) is 2. The maximum atomic E-state index is 9.17. The van der Waals surface area contributed by atoms with E-state index in [4.69, 9.17) is 19.6 Å². The van der Waals surface area contributed by atoms with E-state index in [1.807, 2.05) is 51.1 Å². The highest BCUT2D eigenvalue weighted by atomic mass is 35.5. The van der Waals surface area contributed by atoms with Crippen LogP contribution in [0.4, 0.5) is 5.69 Å².